The minimum absolute atomic E-state index is 0.0799. The number of hydrogen-bond acceptors (Lipinski definition) is 5. The van der Waals surface area contributed by atoms with E-state index in [2.05, 4.69) is 5.32 Å². The smallest absolute Gasteiger partial charge is 0.244 e. The molecule has 0 saturated heterocycles. The largest absolute Gasteiger partial charge is 0.497 e. The molecular weight excluding hydrogens is 526 g/mol. The van der Waals surface area contributed by atoms with Crippen LogP contribution in [0.5, 0.6) is 5.75 Å². The zero-order valence-corrected chi connectivity index (χ0v) is 24.9. The Morgan fingerprint density at radius 1 is 0.925 bits per heavy atom. The minimum Gasteiger partial charge on any atom is -0.497 e. The highest BCUT2D eigenvalue weighted by molar-refractivity contribution is 7.92. The van der Waals surface area contributed by atoms with Crippen molar-refractivity contribution in [1.29, 1.82) is 0 Å². The summed E-state index contributed by atoms with van der Waals surface area (Å²) in [7, 11) is -2.26. The molecule has 0 heterocycles. The minimum atomic E-state index is -3.82. The molecule has 0 aliphatic rings. The first-order valence-electron chi connectivity index (χ1n) is 13.1. The van der Waals surface area contributed by atoms with Crippen LogP contribution in [-0.4, -0.2) is 56.6 Å². The fourth-order valence-corrected chi connectivity index (χ4v) is 5.21. The summed E-state index contributed by atoms with van der Waals surface area (Å²) in [5.74, 6) is -0.213. The highest BCUT2D eigenvalue weighted by Gasteiger charge is 2.34. The van der Waals surface area contributed by atoms with Crippen molar-refractivity contribution in [3.8, 4) is 5.75 Å². The Balaban J connectivity index is 2.09. The molecule has 0 aliphatic carbocycles. The number of methoxy groups -OCH3 is 1. The first kappa shape index (κ1) is 30.7. The van der Waals surface area contributed by atoms with E-state index < -0.39 is 34.1 Å². The molecule has 1 atom stereocenters. The summed E-state index contributed by atoms with van der Waals surface area (Å²) >= 11 is 0. The Bertz CT molecular complexity index is 1420. The van der Waals surface area contributed by atoms with Gasteiger partial charge in [-0.25, -0.2) is 8.42 Å². The van der Waals surface area contributed by atoms with Gasteiger partial charge in [0.1, 0.15) is 18.3 Å². The molecule has 0 aromatic heterocycles. The van der Waals surface area contributed by atoms with Crippen LogP contribution in [0.25, 0.3) is 0 Å². The van der Waals surface area contributed by atoms with Gasteiger partial charge in [0.2, 0.25) is 21.8 Å². The van der Waals surface area contributed by atoms with E-state index in [1.165, 1.54) is 4.90 Å². The molecule has 1 N–H and O–H groups in total. The number of ether oxygens (including phenoxy) is 1. The number of amides is 2. The average molecular weight is 566 g/mol. The topological polar surface area (TPSA) is 96.0 Å². The van der Waals surface area contributed by atoms with Gasteiger partial charge in [0.15, 0.2) is 0 Å². The molecule has 9 heteroatoms. The van der Waals surface area contributed by atoms with Crippen molar-refractivity contribution in [2.75, 3.05) is 24.2 Å². The Hall–Kier alpha value is -3.85. The number of nitrogens with one attached hydrogen (secondary N) is 1. The summed E-state index contributed by atoms with van der Waals surface area (Å²) in [5.41, 5.74) is 2.32. The maximum Gasteiger partial charge on any atom is 0.244 e. The van der Waals surface area contributed by atoms with Crippen molar-refractivity contribution >= 4 is 27.5 Å². The molecule has 0 fully saturated rings. The van der Waals surface area contributed by atoms with Crippen LogP contribution < -0.4 is 14.4 Å². The monoisotopic (exact) mass is 565 g/mol. The van der Waals surface area contributed by atoms with Gasteiger partial charge < -0.3 is 15.0 Å². The number of rotatable bonds is 11. The average Bonchev–Trinajstić information content (AvgIpc) is 2.88. The molecule has 0 unspecified atom stereocenters. The number of nitrogens with zero attached hydrogens (tertiary/aromatic N) is 2. The van der Waals surface area contributed by atoms with E-state index in [0.717, 1.165) is 27.3 Å². The fraction of sp³-hybridized carbons (Fsp3) is 0.355. The number of sulfonamides is 1. The molecule has 3 aromatic carbocycles. The first-order chi connectivity index (χ1) is 18.8. The van der Waals surface area contributed by atoms with Crippen LogP contribution in [-0.2, 0) is 32.6 Å². The Morgan fingerprint density at radius 3 is 2.17 bits per heavy atom. The highest BCUT2D eigenvalue weighted by Crippen LogP contribution is 2.22. The summed E-state index contributed by atoms with van der Waals surface area (Å²) in [4.78, 5) is 29.4. The third-order valence-corrected chi connectivity index (χ3v) is 7.37. The van der Waals surface area contributed by atoms with E-state index in [1.54, 1.807) is 37.4 Å². The van der Waals surface area contributed by atoms with E-state index in [-0.39, 0.29) is 18.9 Å². The zero-order valence-electron chi connectivity index (χ0n) is 24.0. The van der Waals surface area contributed by atoms with Gasteiger partial charge in [-0.15, -0.1) is 0 Å². The van der Waals surface area contributed by atoms with E-state index in [4.69, 9.17) is 4.74 Å². The van der Waals surface area contributed by atoms with Crippen molar-refractivity contribution in [1.82, 2.24) is 10.2 Å². The van der Waals surface area contributed by atoms with Crippen LogP contribution >= 0.6 is 0 Å². The highest BCUT2D eigenvalue weighted by atomic mass is 32.2. The summed E-state index contributed by atoms with van der Waals surface area (Å²) in [6.45, 7) is 7.11. The normalized spacial score (nSPS) is 12.3. The van der Waals surface area contributed by atoms with Gasteiger partial charge in [-0.05, 0) is 68.7 Å². The molecule has 40 heavy (non-hydrogen) atoms. The van der Waals surface area contributed by atoms with Gasteiger partial charge in [-0.3, -0.25) is 13.9 Å². The third-order valence-electron chi connectivity index (χ3n) is 6.23. The standard InChI is InChI=1S/C31H39N3O5S/c1-23-12-10-16-26(18-23)34(40(6,37)38)22-29(35)33(21-25-15-11-17-27(19-25)39-5)28(30(36)32-31(2,3)4)20-24-13-8-7-9-14-24/h7-19,28H,20-22H2,1-6H3,(H,32,36)/t28-/m1/s1. The number of anilines is 1. The molecular formula is C31H39N3O5S. The summed E-state index contributed by atoms with van der Waals surface area (Å²) in [6.07, 6.45) is 1.32. The lowest BCUT2D eigenvalue weighted by Gasteiger charge is -2.35. The van der Waals surface area contributed by atoms with Crippen LogP contribution in [0, 0.1) is 6.92 Å². The fourth-order valence-electron chi connectivity index (χ4n) is 4.37. The van der Waals surface area contributed by atoms with Crippen molar-refractivity contribution < 1.29 is 22.7 Å². The molecule has 2 amide bonds. The van der Waals surface area contributed by atoms with Crippen LogP contribution in [0.4, 0.5) is 5.69 Å². The quantitative estimate of drug-likeness (QED) is 0.374. The van der Waals surface area contributed by atoms with Gasteiger partial charge in [-0.2, -0.15) is 0 Å². The molecule has 3 rings (SSSR count). The summed E-state index contributed by atoms with van der Waals surface area (Å²) in [6, 6.07) is 22.8. The van der Waals surface area contributed by atoms with Crippen LogP contribution in [0.2, 0.25) is 0 Å². The van der Waals surface area contributed by atoms with Crippen LogP contribution in [0.1, 0.15) is 37.5 Å². The van der Waals surface area contributed by atoms with Gasteiger partial charge in [0.25, 0.3) is 0 Å². The second-order valence-corrected chi connectivity index (χ2v) is 12.8. The molecule has 0 spiro atoms. The summed E-state index contributed by atoms with van der Waals surface area (Å²) < 4.78 is 32.2. The number of hydrogen-bond donors (Lipinski definition) is 1. The lowest BCUT2D eigenvalue weighted by atomic mass is 10.0. The molecule has 0 radical (unpaired) electrons. The van der Waals surface area contributed by atoms with E-state index in [0.29, 0.717) is 11.4 Å². The lowest BCUT2D eigenvalue weighted by molar-refractivity contribution is -0.140. The molecule has 214 valence electrons. The van der Waals surface area contributed by atoms with Gasteiger partial charge in [0, 0.05) is 18.5 Å². The van der Waals surface area contributed by atoms with Crippen molar-refractivity contribution in [2.24, 2.45) is 0 Å². The van der Waals surface area contributed by atoms with Crippen molar-refractivity contribution in [2.45, 2.75) is 52.2 Å². The van der Waals surface area contributed by atoms with Gasteiger partial charge >= 0.3 is 0 Å². The Labute approximate surface area is 238 Å². The van der Waals surface area contributed by atoms with E-state index in [1.807, 2.05) is 76.2 Å². The maximum absolute atomic E-state index is 14.1. The number of carbonyl (C=O) groups is 2. The van der Waals surface area contributed by atoms with Crippen LogP contribution in [0.3, 0.4) is 0 Å². The zero-order chi connectivity index (χ0) is 29.5. The molecule has 0 saturated carbocycles. The molecule has 3 aromatic rings. The molecule has 0 bridgehead atoms. The summed E-state index contributed by atoms with van der Waals surface area (Å²) in [5, 5.41) is 3.02. The number of aryl methyl sites for hydroxylation is 1. The Morgan fingerprint density at radius 2 is 1.57 bits per heavy atom. The van der Waals surface area contributed by atoms with Crippen LogP contribution in [0.15, 0.2) is 78.9 Å². The third kappa shape index (κ3) is 8.84. The maximum atomic E-state index is 14.1. The first-order valence-corrected chi connectivity index (χ1v) is 14.9. The molecule has 0 aliphatic heterocycles. The second-order valence-electron chi connectivity index (χ2n) is 10.9. The van der Waals surface area contributed by atoms with Crippen molar-refractivity contribution in [3.05, 3.63) is 95.6 Å². The predicted molar refractivity (Wildman–Crippen MR) is 159 cm³/mol. The predicted octanol–water partition coefficient (Wildman–Crippen LogP) is 4.32. The van der Waals surface area contributed by atoms with E-state index in [9.17, 15) is 18.0 Å². The SMILES string of the molecule is COc1cccc(CN(C(=O)CN(c2cccc(C)c2)S(C)(=O)=O)[C@H](Cc2ccccc2)C(=O)NC(C)(C)C)c1. The second kappa shape index (κ2) is 13.0. The van der Waals surface area contributed by atoms with Gasteiger partial charge in [-0.1, -0.05) is 54.6 Å². The number of benzene rings is 3. The van der Waals surface area contributed by atoms with E-state index >= 15 is 0 Å². The Kier molecular flexibility index (Phi) is 9.98. The molecule has 8 nitrogen and oxygen atoms in total. The van der Waals surface area contributed by atoms with Gasteiger partial charge in [0.05, 0.1) is 19.1 Å². The lowest BCUT2D eigenvalue weighted by Crippen LogP contribution is -2.56. The van der Waals surface area contributed by atoms with Crippen molar-refractivity contribution in [3.63, 3.8) is 0 Å². The number of carbonyl (C=O) groups excluding carboxylic acids is 2.